The molecular weight excluding hydrogens is 363 g/mol. The fourth-order valence-electron chi connectivity index (χ4n) is 2.33. The second kappa shape index (κ2) is 6.21. The van der Waals surface area contributed by atoms with E-state index in [0.29, 0.717) is 17.1 Å². The van der Waals surface area contributed by atoms with Gasteiger partial charge in [0, 0.05) is 22.7 Å². The molecular formula is C13H16ClIN2O. The summed E-state index contributed by atoms with van der Waals surface area (Å²) in [6.45, 7) is 1.30. The zero-order valence-electron chi connectivity index (χ0n) is 10.0. The Kier molecular flexibility index (Phi) is 4.86. The standard InChI is InChI=1S/C13H16ClIN2O/c14-12-7-9(15)4-5-11(12)13(18)17-6-2-1-3-10(17)8-16/h4-5,7,10H,1-3,6,8,16H2. The normalized spacial score (nSPS) is 19.9. The monoisotopic (exact) mass is 378 g/mol. The molecule has 5 heteroatoms. The number of amides is 1. The fraction of sp³-hybridized carbons (Fsp3) is 0.462. The summed E-state index contributed by atoms with van der Waals surface area (Å²) >= 11 is 8.33. The Labute approximate surface area is 126 Å². The zero-order chi connectivity index (χ0) is 13.1. The number of carbonyl (C=O) groups excluding carboxylic acids is 1. The van der Waals surface area contributed by atoms with Crippen molar-refractivity contribution in [2.75, 3.05) is 13.1 Å². The summed E-state index contributed by atoms with van der Waals surface area (Å²) in [6.07, 6.45) is 3.18. The Hall–Kier alpha value is -0.330. The maximum Gasteiger partial charge on any atom is 0.255 e. The summed E-state index contributed by atoms with van der Waals surface area (Å²) in [4.78, 5) is 14.4. The van der Waals surface area contributed by atoms with Gasteiger partial charge in [-0.1, -0.05) is 11.6 Å². The molecule has 98 valence electrons. The van der Waals surface area contributed by atoms with Crippen molar-refractivity contribution in [3.63, 3.8) is 0 Å². The summed E-state index contributed by atoms with van der Waals surface area (Å²) in [7, 11) is 0. The van der Waals surface area contributed by atoms with E-state index in [1.807, 2.05) is 17.0 Å². The van der Waals surface area contributed by atoms with Crippen LogP contribution in [0.1, 0.15) is 29.6 Å². The molecule has 0 saturated carbocycles. The molecule has 1 unspecified atom stereocenters. The molecule has 0 aromatic heterocycles. The molecule has 1 amide bonds. The van der Waals surface area contributed by atoms with E-state index in [9.17, 15) is 4.79 Å². The maximum atomic E-state index is 12.5. The lowest BCUT2D eigenvalue weighted by Crippen LogP contribution is -2.47. The number of likely N-dealkylation sites (tertiary alicyclic amines) is 1. The molecule has 0 spiro atoms. The van der Waals surface area contributed by atoms with E-state index in [1.165, 1.54) is 0 Å². The first-order valence-corrected chi connectivity index (χ1v) is 7.55. The van der Waals surface area contributed by atoms with Crippen molar-refractivity contribution in [1.29, 1.82) is 0 Å². The highest BCUT2D eigenvalue weighted by molar-refractivity contribution is 14.1. The van der Waals surface area contributed by atoms with E-state index in [4.69, 9.17) is 17.3 Å². The molecule has 0 bridgehead atoms. The van der Waals surface area contributed by atoms with Gasteiger partial charge in [-0.05, 0) is 60.1 Å². The van der Waals surface area contributed by atoms with Crippen molar-refractivity contribution in [1.82, 2.24) is 4.90 Å². The van der Waals surface area contributed by atoms with Gasteiger partial charge >= 0.3 is 0 Å². The third-order valence-corrected chi connectivity index (χ3v) is 4.31. The molecule has 1 heterocycles. The molecule has 2 N–H and O–H groups in total. The largest absolute Gasteiger partial charge is 0.334 e. The fourth-order valence-corrected chi connectivity index (χ4v) is 3.27. The van der Waals surface area contributed by atoms with Gasteiger partial charge in [-0.2, -0.15) is 0 Å². The summed E-state index contributed by atoms with van der Waals surface area (Å²) in [5.74, 6) is 0.00606. The molecule has 0 radical (unpaired) electrons. The Morgan fingerprint density at radius 2 is 2.28 bits per heavy atom. The lowest BCUT2D eigenvalue weighted by Gasteiger charge is -2.35. The smallest absolute Gasteiger partial charge is 0.255 e. The number of piperidine rings is 1. The van der Waals surface area contributed by atoms with Gasteiger partial charge in [0.15, 0.2) is 0 Å². The molecule has 1 atom stereocenters. The van der Waals surface area contributed by atoms with Crippen LogP contribution in [-0.2, 0) is 0 Å². The van der Waals surface area contributed by atoms with E-state index < -0.39 is 0 Å². The number of nitrogens with zero attached hydrogens (tertiary/aromatic N) is 1. The van der Waals surface area contributed by atoms with E-state index in [2.05, 4.69) is 22.6 Å². The SMILES string of the molecule is NCC1CCCCN1C(=O)c1ccc(I)cc1Cl. The molecule has 1 aliphatic heterocycles. The highest BCUT2D eigenvalue weighted by Crippen LogP contribution is 2.24. The maximum absolute atomic E-state index is 12.5. The number of hydrogen-bond donors (Lipinski definition) is 1. The predicted octanol–water partition coefficient (Wildman–Crippen LogP) is 2.90. The minimum absolute atomic E-state index is 0.00606. The van der Waals surface area contributed by atoms with Crippen LogP contribution in [0.3, 0.4) is 0 Å². The van der Waals surface area contributed by atoms with Crippen molar-refractivity contribution >= 4 is 40.1 Å². The Balaban J connectivity index is 2.24. The van der Waals surface area contributed by atoms with Crippen LogP contribution in [0.15, 0.2) is 18.2 Å². The van der Waals surface area contributed by atoms with Crippen molar-refractivity contribution < 1.29 is 4.79 Å². The average Bonchev–Trinajstić information content (AvgIpc) is 2.38. The molecule has 1 aromatic carbocycles. The summed E-state index contributed by atoms with van der Waals surface area (Å²) in [6, 6.07) is 5.67. The Bertz CT molecular complexity index is 453. The first-order valence-electron chi connectivity index (χ1n) is 6.09. The van der Waals surface area contributed by atoms with Gasteiger partial charge in [-0.25, -0.2) is 0 Å². The molecule has 0 aliphatic carbocycles. The third-order valence-electron chi connectivity index (χ3n) is 3.32. The molecule has 1 saturated heterocycles. The summed E-state index contributed by atoms with van der Waals surface area (Å²) < 4.78 is 1.03. The first kappa shape index (κ1) is 14.1. The number of nitrogens with two attached hydrogens (primary N) is 1. The van der Waals surface area contributed by atoms with E-state index in [1.54, 1.807) is 6.07 Å². The second-order valence-electron chi connectivity index (χ2n) is 4.51. The number of carbonyl (C=O) groups is 1. The molecule has 2 rings (SSSR count). The van der Waals surface area contributed by atoms with Crippen LogP contribution in [0.5, 0.6) is 0 Å². The zero-order valence-corrected chi connectivity index (χ0v) is 12.9. The minimum Gasteiger partial charge on any atom is -0.334 e. The number of hydrogen-bond acceptors (Lipinski definition) is 2. The van der Waals surface area contributed by atoms with Crippen LogP contribution in [0.4, 0.5) is 0 Å². The van der Waals surface area contributed by atoms with Gasteiger partial charge in [-0.15, -0.1) is 0 Å². The van der Waals surface area contributed by atoms with Crippen molar-refractivity contribution in [2.45, 2.75) is 25.3 Å². The van der Waals surface area contributed by atoms with Gasteiger partial charge in [-0.3, -0.25) is 4.79 Å². The van der Waals surface area contributed by atoms with Crippen LogP contribution in [0.25, 0.3) is 0 Å². The molecule has 1 fully saturated rings. The highest BCUT2D eigenvalue weighted by atomic mass is 127. The van der Waals surface area contributed by atoms with Crippen LogP contribution >= 0.6 is 34.2 Å². The quantitative estimate of drug-likeness (QED) is 0.804. The van der Waals surface area contributed by atoms with Crippen LogP contribution in [0.2, 0.25) is 5.02 Å². The van der Waals surface area contributed by atoms with Gasteiger partial charge in [0.25, 0.3) is 5.91 Å². The van der Waals surface area contributed by atoms with Gasteiger partial charge in [0.2, 0.25) is 0 Å². The van der Waals surface area contributed by atoms with E-state index >= 15 is 0 Å². The average molecular weight is 379 g/mol. The lowest BCUT2D eigenvalue weighted by atomic mass is 10.0. The predicted molar refractivity (Wildman–Crippen MR) is 81.9 cm³/mol. The number of rotatable bonds is 2. The van der Waals surface area contributed by atoms with Crippen LogP contribution in [-0.4, -0.2) is 29.9 Å². The molecule has 1 aromatic rings. The van der Waals surface area contributed by atoms with Gasteiger partial charge < -0.3 is 10.6 Å². The minimum atomic E-state index is 0.00606. The summed E-state index contributed by atoms with van der Waals surface area (Å²) in [5.41, 5.74) is 6.32. The lowest BCUT2D eigenvalue weighted by molar-refractivity contribution is 0.0623. The second-order valence-corrected chi connectivity index (χ2v) is 6.16. The van der Waals surface area contributed by atoms with Crippen LogP contribution in [0, 0.1) is 3.57 Å². The Morgan fingerprint density at radius 3 is 2.94 bits per heavy atom. The Morgan fingerprint density at radius 1 is 1.50 bits per heavy atom. The van der Waals surface area contributed by atoms with Crippen LogP contribution < -0.4 is 5.73 Å². The number of halogens is 2. The molecule has 3 nitrogen and oxygen atoms in total. The van der Waals surface area contributed by atoms with Crippen molar-refractivity contribution in [2.24, 2.45) is 5.73 Å². The van der Waals surface area contributed by atoms with Gasteiger partial charge in [0.1, 0.15) is 0 Å². The van der Waals surface area contributed by atoms with Crippen molar-refractivity contribution in [3.05, 3.63) is 32.4 Å². The van der Waals surface area contributed by atoms with E-state index in [-0.39, 0.29) is 11.9 Å². The van der Waals surface area contributed by atoms with Gasteiger partial charge in [0.05, 0.1) is 10.6 Å². The third kappa shape index (κ3) is 2.97. The summed E-state index contributed by atoms with van der Waals surface area (Å²) in [5, 5.41) is 0.522. The van der Waals surface area contributed by atoms with Crippen molar-refractivity contribution in [3.8, 4) is 0 Å². The molecule has 1 aliphatic rings. The first-order chi connectivity index (χ1) is 8.63. The number of benzene rings is 1. The highest BCUT2D eigenvalue weighted by Gasteiger charge is 2.27. The van der Waals surface area contributed by atoms with E-state index in [0.717, 1.165) is 29.4 Å². The topological polar surface area (TPSA) is 46.3 Å². The molecule has 18 heavy (non-hydrogen) atoms.